The van der Waals surface area contributed by atoms with Gasteiger partial charge in [-0.1, -0.05) is 0 Å². The Morgan fingerprint density at radius 2 is 2.56 bits per heavy atom. The molecule has 1 N–H and O–H groups in total. The zero-order valence-corrected chi connectivity index (χ0v) is 5.52. The molecule has 0 aromatic heterocycles. The van der Waals surface area contributed by atoms with Crippen LogP contribution in [0.3, 0.4) is 0 Å². The van der Waals surface area contributed by atoms with Crippen molar-refractivity contribution >= 4 is 0 Å². The summed E-state index contributed by atoms with van der Waals surface area (Å²) in [6, 6.07) is 0. The smallest absolute Gasteiger partial charge is 0.0850 e. The molecule has 0 amide bonds. The van der Waals surface area contributed by atoms with Gasteiger partial charge in [0, 0.05) is 13.2 Å². The van der Waals surface area contributed by atoms with E-state index < -0.39 is 0 Å². The highest BCUT2D eigenvalue weighted by Crippen LogP contribution is 2.29. The molecular formula is C7H12NO. The summed E-state index contributed by atoms with van der Waals surface area (Å²) in [5, 5.41) is 3.30. The summed E-state index contributed by atoms with van der Waals surface area (Å²) in [4.78, 5) is 0. The molecule has 0 bridgehead atoms. The number of nitrogens with one attached hydrogen (secondary N) is 1. The lowest BCUT2D eigenvalue weighted by atomic mass is 10.00. The van der Waals surface area contributed by atoms with E-state index in [1.54, 1.807) is 0 Å². The third kappa shape index (κ3) is 0.864. The molecule has 0 aliphatic carbocycles. The van der Waals surface area contributed by atoms with Gasteiger partial charge in [0.15, 0.2) is 0 Å². The van der Waals surface area contributed by atoms with Gasteiger partial charge in [0.25, 0.3) is 0 Å². The second kappa shape index (κ2) is 1.96. The predicted octanol–water partition coefficient (Wildman–Crippen LogP) is 0.343. The molecule has 2 nitrogen and oxygen atoms in total. The fraction of sp³-hybridized carbons (Fsp3) is 0.857. The van der Waals surface area contributed by atoms with E-state index in [0.29, 0.717) is 0 Å². The fourth-order valence-corrected chi connectivity index (χ4v) is 1.63. The SMILES string of the molecule is [CH]1CCOC12CCNC2. The topological polar surface area (TPSA) is 21.3 Å². The van der Waals surface area contributed by atoms with Crippen LogP contribution < -0.4 is 5.32 Å². The first kappa shape index (κ1) is 5.69. The largest absolute Gasteiger partial charge is 0.373 e. The standard InChI is InChI=1S/C7H12NO/c1-2-7(9-5-1)3-4-8-6-7/h2,8H,1,3-6H2. The summed E-state index contributed by atoms with van der Waals surface area (Å²) in [5.41, 5.74) is 0.153. The van der Waals surface area contributed by atoms with Crippen molar-refractivity contribution in [3.05, 3.63) is 6.42 Å². The van der Waals surface area contributed by atoms with E-state index in [1.807, 2.05) is 0 Å². The van der Waals surface area contributed by atoms with Crippen molar-refractivity contribution in [1.29, 1.82) is 0 Å². The van der Waals surface area contributed by atoms with Crippen molar-refractivity contribution in [3.63, 3.8) is 0 Å². The van der Waals surface area contributed by atoms with Crippen LogP contribution in [-0.4, -0.2) is 25.3 Å². The molecular weight excluding hydrogens is 114 g/mol. The fourth-order valence-electron chi connectivity index (χ4n) is 1.63. The average molecular weight is 126 g/mol. The highest BCUT2D eigenvalue weighted by Gasteiger charge is 2.37. The molecule has 51 valence electrons. The van der Waals surface area contributed by atoms with Crippen molar-refractivity contribution < 1.29 is 4.74 Å². The average Bonchev–Trinajstić information content (AvgIpc) is 2.45. The Hall–Kier alpha value is -0.0800. The minimum Gasteiger partial charge on any atom is -0.373 e. The first-order valence-electron chi connectivity index (χ1n) is 3.60. The minimum atomic E-state index is 0.153. The van der Waals surface area contributed by atoms with Crippen LogP contribution in [0.15, 0.2) is 0 Å². The third-order valence-electron chi connectivity index (χ3n) is 2.17. The lowest BCUT2D eigenvalue weighted by Gasteiger charge is -2.19. The molecule has 0 aromatic rings. The molecule has 1 unspecified atom stereocenters. The lowest BCUT2D eigenvalue weighted by molar-refractivity contribution is 0.0392. The van der Waals surface area contributed by atoms with Crippen LogP contribution >= 0.6 is 0 Å². The Bertz CT molecular complexity index is 84.0. The van der Waals surface area contributed by atoms with Crippen LogP contribution in [0, 0.1) is 6.42 Å². The molecule has 2 fully saturated rings. The van der Waals surface area contributed by atoms with E-state index in [1.165, 1.54) is 6.42 Å². The van der Waals surface area contributed by atoms with Crippen LogP contribution in [0.5, 0.6) is 0 Å². The van der Waals surface area contributed by atoms with Crippen LogP contribution in [-0.2, 0) is 4.74 Å². The van der Waals surface area contributed by atoms with Crippen LogP contribution in [0.1, 0.15) is 12.8 Å². The van der Waals surface area contributed by atoms with Crippen molar-refractivity contribution in [2.45, 2.75) is 18.4 Å². The van der Waals surface area contributed by atoms with Crippen molar-refractivity contribution in [2.75, 3.05) is 19.7 Å². The first-order chi connectivity index (χ1) is 4.41. The van der Waals surface area contributed by atoms with Gasteiger partial charge >= 0.3 is 0 Å². The Kier molecular flexibility index (Phi) is 1.24. The molecule has 2 heteroatoms. The van der Waals surface area contributed by atoms with Crippen molar-refractivity contribution in [3.8, 4) is 0 Å². The minimum absolute atomic E-state index is 0.153. The van der Waals surface area contributed by atoms with E-state index in [4.69, 9.17) is 4.74 Å². The van der Waals surface area contributed by atoms with Crippen LogP contribution in [0.25, 0.3) is 0 Å². The molecule has 2 rings (SSSR count). The van der Waals surface area contributed by atoms with Gasteiger partial charge in [0.2, 0.25) is 0 Å². The Morgan fingerprint density at radius 1 is 1.56 bits per heavy atom. The van der Waals surface area contributed by atoms with Gasteiger partial charge < -0.3 is 10.1 Å². The molecule has 2 saturated heterocycles. The number of ether oxygens (including phenoxy) is 1. The van der Waals surface area contributed by atoms with E-state index >= 15 is 0 Å². The number of rotatable bonds is 0. The second-order valence-corrected chi connectivity index (χ2v) is 2.83. The Morgan fingerprint density at radius 3 is 3.11 bits per heavy atom. The van der Waals surface area contributed by atoms with Gasteiger partial charge in [0.1, 0.15) is 0 Å². The molecule has 2 heterocycles. The highest BCUT2D eigenvalue weighted by molar-refractivity contribution is 5.04. The van der Waals surface area contributed by atoms with E-state index in [-0.39, 0.29) is 5.60 Å². The van der Waals surface area contributed by atoms with Crippen LogP contribution in [0.4, 0.5) is 0 Å². The molecule has 1 atom stereocenters. The van der Waals surface area contributed by atoms with Gasteiger partial charge in [-0.25, -0.2) is 0 Å². The van der Waals surface area contributed by atoms with E-state index in [9.17, 15) is 0 Å². The normalized spacial score (nSPS) is 42.7. The van der Waals surface area contributed by atoms with E-state index in [2.05, 4.69) is 11.7 Å². The van der Waals surface area contributed by atoms with Gasteiger partial charge in [-0.3, -0.25) is 0 Å². The zero-order valence-electron chi connectivity index (χ0n) is 5.52. The molecule has 1 spiro atoms. The monoisotopic (exact) mass is 126 g/mol. The number of hydrogen-bond donors (Lipinski definition) is 1. The summed E-state index contributed by atoms with van der Waals surface area (Å²) < 4.78 is 5.58. The molecule has 9 heavy (non-hydrogen) atoms. The van der Waals surface area contributed by atoms with E-state index in [0.717, 1.165) is 26.1 Å². The van der Waals surface area contributed by atoms with Crippen molar-refractivity contribution in [1.82, 2.24) is 5.32 Å². The molecule has 2 aliphatic heterocycles. The Balaban J connectivity index is 2.04. The molecule has 0 saturated carbocycles. The maximum absolute atomic E-state index is 5.58. The van der Waals surface area contributed by atoms with Crippen molar-refractivity contribution in [2.24, 2.45) is 0 Å². The first-order valence-corrected chi connectivity index (χ1v) is 3.60. The van der Waals surface area contributed by atoms with Gasteiger partial charge in [0.05, 0.1) is 5.60 Å². The summed E-state index contributed by atoms with van der Waals surface area (Å²) in [6.45, 7) is 3.09. The zero-order chi connectivity index (χ0) is 6.16. The second-order valence-electron chi connectivity index (χ2n) is 2.83. The predicted molar refractivity (Wildman–Crippen MR) is 35.1 cm³/mol. The highest BCUT2D eigenvalue weighted by atomic mass is 16.5. The quantitative estimate of drug-likeness (QED) is 0.505. The third-order valence-corrected chi connectivity index (χ3v) is 2.17. The lowest BCUT2D eigenvalue weighted by Crippen LogP contribution is -2.30. The Labute approximate surface area is 55.6 Å². The molecule has 0 aromatic carbocycles. The van der Waals surface area contributed by atoms with Gasteiger partial charge in [-0.2, -0.15) is 0 Å². The molecule has 2 aliphatic rings. The summed E-state index contributed by atoms with van der Waals surface area (Å²) in [5.74, 6) is 0. The van der Waals surface area contributed by atoms with Gasteiger partial charge in [-0.15, -0.1) is 0 Å². The summed E-state index contributed by atoms with van der Waals surface area (Å²) in [7, 11) is 0. The summed E-state index contributed by atoms with van der Waals surface area (Å²) >= 11 is 0. The van der Waals surface area contributed by atoms with Gasteiger partial charge in [-0.05, 0) is 25.8 Å². The van der Waals surface area contributed by atoms with Crippen LogP contribution in [0.2, 0.25) is 0 Å². The summed E-state index contributed by atoms with van der Waals surface area (Å²) in [6.07, 6.45) is 4.63. The maximum atomic E-state index is 5.58. The number of hydrogen-bond acceptors (Lipinski definition) is 2. The molecule has 1 radical (unpaired) electrons. The maximum Gasteiger partial charge on any atom is 0.0850 e.